The van der Waals surface area contributed by atoms with Crippen LogP contribution < -0.4 is 9.84 Å². The number of rotatable bonds is 8. The van der Waals surface area contributed by atoms with Crippen molar-refractivity contribution >= 4 is 39.0 Å². The molecule has 2 aromatic rings. The van der Waals surface area contributed by atoms with Crippen LogP contribution in [-0.2, 0) is 14.8 Å². The Morgan fingerprint density at radius 2 is 1.86 bits per heavy atom. The smallest absolute Gasteiger partial charge is 0.252 e. The minimum absolute atomic E-state index is 0.0462. The lowest BCUT2D eigenvalue weighted by molar-refractivity contribution is -0.295. The number of thiophene rings is 1. The van der Waals surface area contributed by atoms with Crippen LogP contribution in [0.2, 0.25) is 0 Å². The van der Waals surface area contributed by atoms with Crippen molar-refractivity contribution in [1.29, 1.82) is 0 Å². The van der Waals surface area contributed by atoms with E-state index in [1.165, 1.54) is 22.5 Å². The lowest BCUT2D eigenvalue weighted by Crippen LogP contribution is -2.27. The van der Waals surface area contributed by atoms with Crippen molar-refractivity contribution in [2.75, 3.05) is 19.7 Å². The predicted octanol–water partition coefficient (Wildman–Crippen LogP) is 2.61. The first-order valence-electron chi connectivity index (χ1n) is 9.18. The Balaban J connectivity index is 1.86. The number of benzene rings is 1. The molecule has 1 fully saturated rings. The maximum atomic E-state index is 12.7. The van der Waals surface area contributed by atoms with E-state index in [1.807, 2.05) is 6.92 Å². The number of aliphatic carboxylic acids is 1. The van der Waals surface area contributed by atoms with Crippen molar-refractivity contribution in [2.45, 2.75) is 30.4 Å². The first-order valence-corrected chi connectivity index (χ1v) is 11.4. The van der Waals surface area contributed by atoms with E-state index in [9.17, 15) is 18.3 Å². The fourth-order valence-electron chi connectivity index (χ4n) is 2.94. The molecule has 1 saturated heterocycles. The summed E-state index contributed by atoms with van der Waals surface area (Å²) in [4.78, 5) is 12.0. The van der Waals surface area contributed by atoms with Crippen LogP contribution in [0.1, 0.15) is 36.6 Å². The lowest BCUT2D eigenvalue weighted by Gasteiger charge is -2.13. The number of carbonyl (C=O) groups is 1. The Bertz CT molecular complexity index is 955. The summed E-state index contributed by atoms with van der Waals surface area (Å²) in [6.07, 6.45) is 4.08. The number of hydrogen-bond acceptors (Lipinski definition) is 6. The van der Waals surface area contributed by atoms with Gasteiger partial charge in [0.2, 0.25) is 0 Å². The average molecular weight is 421 g/mol. The van der Waals surface area contributed by atoms with Crippen molar-refractivity contribution in [3.05, 3.63) is 46.8 Å². The molecule has 1 aliphatic heterocycles. The lowest BCUT2D eigenvalue weighted by atomic mass is 10.1. The Kier molecular flexibility index (Phi) is 6.53. The van der Waals surface area contributed by atoms with Crippen LogP contribution in [0.5, 0.6) is 5.75 Å². The second-order valence-electron chi connectivity index (χ2n) is 6.49. The second-order valence-corrected chi connectivity index (χ2v) is 9.74. The molecule has 0 unspecified atom stereocenters. The van der Waals surface area contributed by atoms with Crippen molar-refractivity contribution in [3.8, 4) is 5.75 Å². The number of sulfonamides is 1. The highest BCUT2D eigenvalue weighted by Gasteiger charge is 2.28. The second kappa shape index (κ2) is 8.89. The molecule has 0 amide bonds. The monoisotopic (exact) mass is 420 g/mol. The molecule has 8 heteroatoms. The van der Waals surface area contributed by atoms with Crippen LogP contribution in [-0.4, -0.2) is 38.4 Å². The Hall–Kier alpha value is -2.16. The molecule has 2 heterocycles. The Morgan fingerprint density at radius 1 is 1.18 bits per heavy atom. The molecule has 0 spiro atoms. The third-order valence-corrected chi connectivity index (χ3v) is 7.87. The van der Waals surface area contributed by atoms with Crippen LogP contribution in [0.15, 0.2) is 40.6 Å². The summed E-state index contributed by atoms with van der Waals surface area (Å²) in [5.74, 6) is -0.637. The topological polar surface area (TPSA) is 86.7 Å². The van der Waals surface area contributed by atoms with E-state index in [0.717, 1.165) is 30.6 Å². The third-order valence-electron chi connectivity index (χ3n) is 4.39. The molecule has 0 saturated carbocycles. The summed E-state index contributed by atoms with van der Waals surface area (Å²) < 4.78 is 32.4. The summed E-state index contributed by atoms with van der Waals surface area (Å²) >= 11 is 0.953. The summed E-state index contributed by atoms with van der Waals surface area (Å²) in [5.41, 5.74) is 0.621. The van der Waals surface area contributed by atoms with Crippen LogP contribution in [0.3, 0.4) is 0 Å². The molecule has 3 rings (SSSR count). The van der Waals surface area contributed by atoms with Gasteiger partial charge in [-0.3, -0.25) is 0 Å². The summed E-state index contributed by atoms with van der Waals surface area (Å²) in [6.45, 7) is 3.64. The maximum absolute atomic E-state index is 12.7. The Labute approximate surface area is 169 Å². The maximum Gasteiger partial charge on any atom is 0.252 e. The zero-order valence-electron chi connectivity index (χ0n) is 15.6. The van der Waals surface area contributed by atoms with Crippen molar-refractivity contribution in [1.82, 2.24) is 4.31 Å². The zero-order valence-corrected chi connectivity index (χ0v) is 17.2. The molecule has 1 aliphatic rings. The van der Waals surface area contributed by atoms with Crippen molar-refractivity contribution in [2.24, 2.45) is 0 Å². The van der Waals surface area contributed by atoms with E-state index in [2.05, 4.69) is 0 Å². The standard InChI is InChI=1S/C20H23NO5S2/c1-2-13-26-16-7-5-15(6-8-16)14-17(20(22)23)18-9-10-19(27-18)28(24,25)21-11-3-4-12-21/h5-10,14H,2-4,11-13H2,1H3,(H,22,23)/p-1/b17-14-. The van der Waals surface area contributed by atoms with Crippen molar-refractivity contribution < 1.29 is 23.1 Å². The highest BCUT2D eigenvalue weighted by molar-refractivity contribution is 7.91. The summed E-state index contributed by atoms with van der Waals surface area (Å²) in [7, 11) is -3.57. The van der Waals surface area contributed by atoms with Gasteiger partial charge >= 0.3 is 0 Å². The molecular weight excluding hydrogens is 398 g/mol. The minimum atomic E-state index is -3.57. The number of carbonyl (C=O) groups excluding carboxylic acids is 1. The fraction of sp³-hybridized carbons (Fsp3) is 0.350. The van der Waals surface area contributed by atoms with Crippen molar-refractivity contribution in [3.63, 3.8) is 0 Å². The van der Waals surface area contributed by atoms with E-state index in [0.29, 0.717) is 35.9 Å². The molecule has 6 nitrogen and oxygen atoms in total. The van der Waals surface area contributed by atoms with E-state index >= 15 is 0 Å². The van der Waals surface area contributed by atoms with Gasteiger partial charge < -0.3 is 14.6 Å². The average Bonchev–Trinajstić information content (AvgIpc) is 3.37. The van der Waals surface area contributed by atoms with Crippen LogP contribution in [0.25, 0.3) is 11.6 Å². The van der Waals surface area contributed by atoms with Gasteiger partial charge in [0.15, 0.2) is 0 Å². The van der Waals surface area contributed by atoms with Gasteiger partial charge in [0, 0.05) is 23.5 Å². The zero-order chi connectivity index (χ0) is 20.1. The van der Waals surface area contributed by atoms with E-state index < -0.39 is 16.0 Å². The summed E-state index contributed by atoms with van der Waals surface area (Å²) in [5, 5.41) is 11.7. The number of carboxylic acids is 1. The van der Waals surface area contributed by atoms with Gasteiger partial charge in [-0.25, -0.2) is 8.42 Å². The van der Waals surface area contributed by atoms with E-state index in [-0.39, 0.29) is 9.78 Å². The number of ether oxygens (including phenoxy) is 1. The summed E-state index contributed by atoms with van der Waals surface area (Å²) in [6, 6.07) is 10.0. The molecule has 28 heavy (non-hydrogen) atoms. The van der Waals surface area contributed by atoms with Gasteiger partial charge in [-0.1, -0.05) is 19.1 Å². The molecule has 150 valence electrons. The molecule has 0 atom stereocenters. The first-order chi connectivity index (χ1) is 13.4. The Morgan fingerprint density at radius 3 is 2.46 bits per heavy atom. The minimum Gasteiger partial charge on any atom is -0.545 e. The van der Waals surface area contributed by atoms with Gasteiger partial charge in [-0.05, 0) is 55.2 Å². The molecule has 1 aromatic carbocycles. The third kappa shape index (κ3) is 4.63. The van der Waals surface area contributed by atoms with Gasteiger partial charge in [0.1, 0.15) is 9.96 Å². The van der Waals surface area contributed by atoms with Gasteiger partial charge in [0.05, 0.1) is 12.6 Å². The molecule has 1 aromatic heterocycles. The fourth-order valence-corrected chi connectivity index (χ4v) is 5.92. The number of hydrogen-bond donors (Lipinski definition) is 0. The molecule has 0 bridgehead atoms. The SMILES string of the molecule is CCCOc1ccc(/C=C(\C(=O)[O-])c2ccc(S(=O)(=O)N3CCCC3)s2)cc1. The molecule has 0 aliphatic carbocycles. The molecule has 0 N–H and O–H groups in total. The van der Waals surface area contributed by atoms with Crippen LogP contribution in [0, 0.1) is 0 Å². The number of nitrogens with zero attached hydrogens (tertiary/aromatic N) is 1. The van der Waals surface area contributed by atoms with E-state index in [1.54, 1.807) is 24.3 Å². The normalized spacial score (nSPS) is 15.7. The van der Waals surface area contributed by atoms with Gasteiger partial charge in [0.25, 0.3) is 10.0 Å². The van der Waals surface area contributed by atoms with Crippen LogP contribution >= 0.6 is 11.3 Å². The van der Waals surface area contributed by atoms with Crippen LogP contribution in [0.4, 0.5) is 0 Å². The largest absolute Gasteiger partial charge is 0.545 e. The van der Waals surface area contributed by atoms with Gasteiger partial charge in [-0.2, -0.15) is 4.31 Å². The highest BCUT2D eigenvalue weighted by Crippen LogP contribution is 2.32. The van der Waals surface area contributed by atoms with E-state index in [4.69, 9.17) is 4.74 Å². The highest BCUT2D eigenvalue weighted by atomic mass is 32.2. The molecule has 0 radical (unpaired) electrons. The molecular formula is C20H22NO5S2-. The quantitative estimate of drug-likeness (QED) is 0.613. The van der Waals surface area contributed by atoms with Gasteiger partial charge in [-0.15, -0.1) is 11.3 Å². The predicted molar refractivity (Wildman–Crippen MR) is 107 cm³/mol. The number of carboxylic acid groups (broad SMARTS) is 1. The first kappa shape index (κ1) is 20.6.